The fourth-order valence-corrected chi connectivity index (χ4v) is 1.55. The number of nitrogens with zero attached hydrogens (tertiary/aromatic N) is 4. The molecule has 0 radical (unpaired) electrons. The van der Waals surface area contributed by atoms with Crippen molar-refractivity contribution in [2.45, 2.75) is 33.2 Å². The van der Waals surface area contributed by atoms with Crippen LogP contribution in [0.1, 0.15) is 36.8 Å². The molecule has 0 aliphatic rings. The van der Waals surface area contributed by atoms with Crippen LogP contribution in [0.4, 0.5) is 5.82 Å². The van der Waals surface area contributed by atoms with E-state index in [-0.39, 0.29) is 11.4 Å². The van der Waals surface area contributed by atoms with E-state index in [1.165, 1.54) is 0 Å². The van der Waals surface area contributed by atoms with Crippen LogP contribution in [-0.2, 0) is 7.05 Å². The largest absolute Gasteiger partial charge is 0.337 e. The van der Waals surface area contributed by atoms with Gasteiger partial charge in [0.1, 0.15) is 5.56 Å². The molecule has 0 aliphatic carbocycles. The molecule has 0 aliphatic heterocycles. The van der Waals surface area contributed by atoms with E-state index in [1.54, 1.807) is 30.6 Å². The van der Waals surface area contributed by atoms with Crippen LogP contribution >= 0.6 is 0 Å². The van der Waals surface area contributed by atoms with Crippen LogP contribution in [0.15, 0.2) is 4.99 Å². The Kier molecular flexibility index (Phi) is 3.40. The third-order valence-electron chi connectivity index (χ3n) is 2.87. The summed E-state index contributed by atoms with van der Waals surface area (Å²) in [5, 5.41) is 4.20. The zero-order valence-electron chi connectivity index (χ0n) is 11.4. The number of aryl methyl sites for hydroxylation is 2. The van der Waals surface area contributed by atoms with Crippen LogP contribution < -0.4 is 0 Å². The molecule has 17 heavy (non-hydrogen) atoms. The first-order valence-corrected chi connectivity index (χ1v) is 5.48. The molecule has 1 amide bonds. The fourth-order valence-electron chi connectivity index (χ4n) is 1.55. The van der Waals surface area contributed by atoms with E-state index >= 15 is 0 Å². The van der Waals surface area contributed by atoms with Crippen molar-refractivity contribution in [3.63, 3.8) is 0 Å². The van der Waals surface area contributed by atoms with Crippen molar-refractivity contribution < 1.29 is 4.79 Å². The van der Waals surface area contributed by atoms with Crippen molar-refractivity contribution >= 4 is 18.4 Å². The molecule has 0 bridgehead atoms. The quantitative estimate of drug-likeness (QED) is 0.737. The lowest BCUT2D eigenvalue weighted by Crippen LogP contribution is -2.42. The summed E-state index contributed by atoms with van der Waals surface area (Å²) in [5.41, 5.74) is 0.966. The van der Waals surface area contributed by atoms with Crippen LogP contribution in [0.25, 0.3) is 0 Å². The van der Waals surface area contributed by atoms with Crippen molar-refractivity contribution in [2.24, 2.45) is 12.0 Å². The van der Waals surface area contributed by atoms with Crippen molar-refractivity contribution in [3.05, 3.63) is 11.3 Å². The van der Waals surface area contributed by atoms with Gasteiger partial charge in [0.05, 0.1) is 5.69 Å². The Morgan fingerprint density at radius 3 is 2.41 bits per heavy atom. The van der Waals surface area contributed by atoms with E-state index in [4.69, 9.17) is 0 Å². The van der Waals surface area contributed by atoms with E-state index in [0.29, 0.717) is 17.1 Å². The zero-order chi connectivity index (χ0) is 13.4. The maximum absolute atomic E-state index is 12.4. The van der Waals surface area contributed by atoms with Gasteiger partial charge in [-0.15, -0.1) is 0 Å². The third-order valence-corrected chi connectivity index (χ3v) is 2.87. The lowest BCUT2D eigenvalue weighted by atomic mass is 10.1. The minimum atomic E-state index is -0.238. The molecule has 0 saturated carbocycles. The number of hydrogen-bond donors (Lipinski definition) is 0. The SMILES string of the molecule is C=Nc1c(C(=O)N(C)C(C)(C)C)c(C)nn1C. The van der Waals surface area contributed by atoms with Gasteiger partial charge >= 0.3 is 0 Å². The molecule has 1 aromatic rings. The van der Waals surface area contributed by atoms with Gasteiger partial charge in [0.25, 0.3) is 5.91 Å². The molecule has 0 spiro atoms. The predicted molar refractivity (Wildman–Crippen MR) is 69.0 cm³/mol. The normalized spacial score (nSPS) is 11.4. The van der Waals surface area contributed by atoms with Gasteiger partial charge < -0.3 is 4.90 Å². The van der Waals surface area contributed by atoms with E-state index in [0.717, 1.165) is 0 Å². The molecule has 94 valence electrons. The summed E-state index contributed by atoms with van der Waals surface area (Å²) in [6.45, 7) is 11.2. The molecule has 0 atom stereocenters. The standard InChI is InChI=1S/C12H20N4O/c1-8-9(10(13-5)16(7)14-8)11(17)15(6)12(2,3)4/h5H2,1-4,6-7H3. The van der Waals surface area contributed by atoms with Crippen molar-refractivity contribution in [1.29, 1.82) is 0 Å². The lowest BCUT2D eigenvalue weighted by molar-refractivity contribution is 0.0656. The number of amides is 1. The van der Waals surface area contributed by atoms with Gasteiger partial charge in [-0.25, -0.2) is 4.99 Å². The summed E-state index contributed by atoms with van der Waals surface area (Å²) in [6, 6.07) is 0. The number of carbonyl (C=O) groups excluding carboxylic acids is 1. The molecule has 0 saturated heterocycles. The summed E-state index contributed by atoms with van der Waals surface area (Å²) in [7, 11) is 3.53. The minimum Gasteiger partial charge on any atom is -0.337 e. The van der Waals surface area contributed by atoms with Gasteiger partial charge in [0.15, 0.2) is 5.82 Å². The Labute approximate surface area is 102 Å². The van der Waals surface area contributed by atoms with Crippen LogP contribution in [0, 0.1) is 6.92 Å². The van der Waals surface area contributed by atoms with Gasteiger partial charge in [-0.2, -0.15) is 5.10 Å². The molecular formula is C12H20N4O. The number of aromatic nitrogens is 2. The number of rotatable bonds is 2. The van der Waals surface area contributed by atoms with Crippen molar-refractivity contribution in [1.82, 2.24) is 14.7 Å². The second-order valence-electron chi connectivity index (χ2n) is 5.10. The molecule has 0 aromatic carbocycles. The minimum absolute atomic E-state index is 0.0782. The average molecular weight is 236 g/mol. The van der Waals surface area contributed by atoms with Crippen LogP contribution in [0.3, 0.4) is 0 Å². The topological polar surface area (TPSA) is 50.5 Å². The summed E-state index contributed by atoms with van der Waals surface area (Å²) >= 11 is 0. The highest BCUT2D eigenvalue weighted by Crippen LogP contribution is 2.25. The number of carbonyl (C=O) groups is 1. The number of aliphatic imine (C=N–C) groups is 1. The third kappa shape index (κ3) is 2.38. The Hall–Kier alpha value is -1.65. The van der Waals surface area contributed by atoms with E-state index in [2.05, 4.69) is 16.8 Å². The number of hydrogen-bond acceptors (Lipinski definition) is 3. The summed E-state index contributed by atoms with van der Waals surface area (Å²) in [6.07, 6.45) is 0. The first kappa shape index (κ1) is 13.4. The van der Waals surface area contributed by atoms with Crippen LogP contribution in [0.5, 0.6) is 0 Å². The molecule has 0 unspecified atom stereocenters. The summed E-state index contributed by atoms with van der Waals surface area (Å²) in [5.74, 6) is 0.439. The Morgan fingerprint density at radius 1 is 1.47 bits per heavy atom. The molecule has 1 aromatic heterocycles. The van der Waals surface area contributed by atoms with Gasteiger partial charge in [-0.3, -0.25) is 9.48 Å². The molecule has 1 rings (SSSR count). The van der Waals surface area contributed by atoms with Gasteiger partial charge in [-0.05, 0) is 34.4 Å². The van der Waals surface area contributed by atoms with Crippen molar-refractivity contribution in [2.75, 3.05) is 7.05 Å². The predicted octanol–water partition coefficient (Wildman–Crippen LogP) is 1.93. The maximum atomic E-state index is 12.4. The summed E-state index contributed by atoms with van der Waals surface area (Å²) < 4.78 is 1.58. The molecule has 1 heterocycles. The maximum Gasteiger partial charge on any atom is 0.259 e. The molecule has 0 fully saturated rings. The molecule has 0 N–H and O–H groups in total. The van der Waals surface area contributed by atoms with Crippen LogP contribution in [-0.4, -0.2) is 39.9 Å². The average Bonchev–Trinajstić information content (AvgIpc) is 2.49. The Bertz CT molecular complexity index is 454. The Morgan fingerprint density at radius 2 is 2.00 bits per heavy atom. The highest BCUT2D eigenvalue weighted by Gasteiger charge is 2.28. The van der Waals surface area contributed by atoms with Gasteiger partial charge in [0, 0.05) is 19.6 Å². The smallest absolute Gasteiger partial charge is 0.259 e. The van der Waals surface area contributed by atoms with Crippen molar-refractivity contribution in [3.8, 4) is 0 Å². The highest BCUT2D eigenvalue weighted by atomic mass is 16.2. The highest BCUT2D eigenvalue weighted by molar-refractivity contribution is 5.99. The van der Waals surface area contributed by atoms with Crippen LogP contribution in [0.2, 0.25) is 0 Å². The van der Waals surface area contributed by atoms with Gasteiger partial charge in [-0.1, -0.05) is 0 Å². The molecular weight excluding hydrogens is 216 g/mol. The lowest BCUT2D eigenvalue weighted by Gasteiger charge is -2.32. The van der Waals surface area contributed by atoms with Gasteiger partial charge in [0.2, 0.25) is 0 Å². The molecule has 5 heteroatoms. The summed E-state index contributed by atoms with van der Waals surface area (Å²) in [4.78, 5) is 18.0. The zero-order valence-corrected chi connectivity index (χ0v) is 11.4. The second kappa shape index (κ2) is 4.31. The first-order chi connectivity index (χ1) is 7.70. The van der Waals surface area contributed by atoms with E-state index in [9.17, 15) is 4.79 Å². The monoisotopic (exact) mass is 236 g/mol. The van der Waals surface area contributed by atoms with E-state index in [1.807, 2.05) is 20.8 Å². The second-order valence-corrected chi connectivity index (χ2v) is 5.10. The Balaban J connectivity index is 3.26. The molecule has 5 nitrogen and oxygen atoms in total. The van der Waals surface area contributed by atoms with E-state index < -0.39 is 0 Å². The fraction of sp³-hybridized carbons (Fsp3) is 0.583. The first-order valence-electron chi connectivity index (χ1n) is 5.48.